The van der Waals surface area contributed by atoms with E-state index in [1.165, 1.54) is 18.9 Å². The predicted octanol–water partition coefficient (Wildman–Crippen LogP) is 2.70. The first-order chi connectivity index (χ1) is 9.79. The number of ether oxygens (including phenoxy) is 1. The van der Waals surface area contributed by atoms with Crippen LogP contribution in [-0.4, -0.2) is 32.8 Å². The van der Waals surface area contributed by atoms with Crippen molar-refractivity contribution in [1.82, 2.24) is 10.6 Å². The Labute approximate surface area is 132 Å². The van der Waals surface area contributed by atoms with E-state index in [0.717, 1.165) is 37.5 Å². The van der Waals surface area contributed by atoms with Crippen molar-refractivity contribution in [2.45, 2.75) is 31.2 Å². The van der Waals surface area contributed by atoms with E-state index in [9.17, 15) is 4.39 Å². The van der Waals surface area contributed by atoms with Crippen LogP contribution < -0.4 is 15.4 Å². The van der Waals surface area contributed by atoms with Crippen molar-refractivity contribution in [2.75, 3.05) is 26.7 Å². The summed E-state index contributed by atoms with van der Waals surface area (Å²) in [7, 11) is 1.54. The first-order valence-electron chi connectivity index (χ1n) is 7.56. The standard InChI is InChI=1S/C16H23FN2O.ClH/c1-20-16-12(3-2-4-14(16)17)13-9-15(13)19-10-11-5-7-18-8-6-11;/h2-4,11,13,15,18-19H,5-10H2,1H3;1H/t13-,15+;/m1./s1. The molecule has 3 nitrogen and oxygen atoms in total. The molecule has 2 aliphatic rings. The first kappa shape index (κ1) is 16.5. The molecule has 2 N–H and O–H groups in total. The van der Waals surface area contributed by atoms with Crippen LogP contribution >= 0.6 is 12.4 Å². The summed E-state index contributed by atoms with van der Waals surface area (Å²) in [6, 6.07) is 5.71. The fourth-order valence-electron chi connectivity index (χ4n) is 3.20. The third-order valence-electron chi connectivity index (χ3n) is 4.52. The molecule has 1 aliphatic heterocycles. The molecule has 3 rings (SSSR count). The van der Waals surface area contributed by atoms with Crippen molar-refractivity contribution in [1.29, 1.82) is 0 Å². The zero-order chi connectivity index (χ0) is 13.9. The van der Waals surface area contributed by atoms with Crippen LogP contribution in [0.4, 0.5) is 4.39 Å². The molecule has 0 bridgehead atoms. The lowest BCUT2D eigenvalue weighted by Gasteiger charge is -2.23. The Hall–Kier alpha value is -0.840. The van der Waals surface area contributed by atoms with Crippen LogP contribution in [-0.2, 0) is 0 Å². The highest BCUT2D eigenvalue weighted by Gasteiger charge is 2.40. The Kier molecular flexibility index (Phi) is 5.85. The van der Waals surface area contributed by atoms with Gasteiger partial charge in [0.2, 0.25) is 0 Å². The molecule has 2 fully saturated rings. The second-order valence-electron chi connectivity index (χ2n) is 5.91. The fourth-order valence-corrected chi connectivity index (χ4v) is 3.20. The summed E-state index contributed by atoms with van der Waals surface area (Å²) < 4.78 is 18.9. The second kappa shape index (κ2) is 7.43. The smallest absolute Gasteiger partial charge is 0.165 e. The molecule has 1 heterocycles. The van der Waals surface area contributed by atoms with Gasteiger partial charge in [0.25, 0.3) is 0 Å². The monoisotopic (exact) mass is 314 g/mol. The molecule has 1 aromatic carbocycles. The van der Waals surface area contributed by atoms with Crippen LogP contribution in [0, 0.1) is 11.7 Å². The van der Waals surface area contributed by atoms with Crippen LogP contribution in [0.2, 0.25) is 0 Å². The molecule has 21 heavy (non-hydrogen) atoms. The maximum atomic E-state index is 13.7. The third kappa shape index (κ3) is 3.87. The lowest BCUT2D eigenvalue weighted by atomic mass is 9.98. The Morgan fingerprint density at radius 1 is 1.33 bits per heavy atom. The summed E-state index contributed by atoms with van der Waals surface area (Å²) in [4.78, 5) is 0. The Balaban J connectivity index is 0.00000161. The number of para-hydroxylation sites is 1. The van der Waals surface area contributed by atoms with Gasteiger partial charge in [-0.05, 0) is 50.9 Å². The molecule has 1 aromatic rings. The quantitative estimate of drug-likeness (QED) is 0.877. The molecule has 0 amide bonds. The van der Waals surface area contributed by atoms with Gasteiger partial charge in [-0.15, -0.1) is 12.4 Å². The lowest BCUT2D eigenvalue weighted by molar-refractivity contribution is 0.354. The van der Waals surface area contributed by atoms with Crippen molar-refractivity contribution in [3.05, 3.63) is 29.6 Å². The normalized spacial score (nSPS) is 25.2. The predicted molar refractivity (Wildman–Crippen MR) is 84.9 cm³/mol. The fraction of sp³-hybridized carbons (Fsp3) is 0.625. The van der Waals surface area contributed by atoms with Gasteiger partial charge < -0.3 is 15.4 Å². The number of hydrogen-bond acceptors (Lipinski definition) is 3. The topological polar surface area (TPSA) is 33.3 Å². The third-order valence-corrected chi connectivity index (χ3v) is 4.52. The maximum absolute atomic E-state index is 13.7. The molecule has 0 spiro atoms. The molecule has 0 radical (unpaired) electrons. The summed E-state index contributed by atoms with van der Waals surface area (Å²) in [5, 5.41) is 7.03. The van der Waals surface area contributed by atoms with Crippen LogP contribution in [0.1, 0.15) is 30.7 Å². The van der Waals surface area contributed by atoms with E-state index >= 15 is 0 Å². The minimum atomic E-state index is -0.256. The van der Waals surface area contributed by atoms with Gasteiger partial charge in [0.15, 0.2) is 11.6 Å². The van der Waals surface area contributed by atoms with Crippen molar-refractivity contribution >= 4 is 12.4 Å². The Bertz CT molecular complexity index is 466. The number of hydrogen-bond donors (Lipinski definition) is 2. The second-order valence-corrected chi connectivity index (χ2v) is 5.91. The molecule has 118 valence electrons. The van der Waals surface area contributed by atoms with E-state index in [2.05, 4.69) is 10.6 Å². The minimum absolute atomic E-state index is 0. The molecule has 1 aliphatic carbocycles. The number of nitrogens with one attached hydrogen (secondary N) is 2. The zero-order valence-electron chi connectivity index (χ0n) is 12.4. The average molecular weight is 315 g/mol. The van der Waals surface area contributed by atoms with Gasteiger partial charge >= 0.3 is 0 Å². The van der Waals surface area contributed by atoms with Gasteiger partial charge in [0.05, 0.1) is 7.11 Å². The maximum Gasteiger partial charge on any atom is 0.165 e. The van der Waals surface area contributed by atoms with Gasteiger partial charge in [0.1, 0.15) is 0 Å². The van der Waals surface area contributed by atoms with E-state index in [1.807, 2.05) is 6.07 Å². The Morgan fingerprint density at radius 2 is 2.10 bits per heavy atom. The number of methoxy groups -OCH3 is 1. The highest BCUT2D eigenvalue weighted by Crippen LogP contribution is 2.45. The highest BCUT2D eigenvalue weighted by molar-refractivity contribution is 5.85. The minimum Gasteiger partial charge on any atom is -0.493 e. The summed E-state index contributed by atoms with van der Waals surface area (Å²) >= 11 is 0. The van der Waals surface area contributed by atoms with Gasteiger partial charge in [-0.3, -0.25) is 0 Å². The van der Waals surface area contributed by atoms with E-state index < -0.39 is 0 Å². The van der Waals surface area contributed by atoms with Crippen LogP contribution in [0.5, 0.6) is 5.75 Å². The molecule has 0 unspecified atom stereocenters. The molecule has 1 saturated carbocycles. The van der Waals surface area contributed by atoms with Crippen LogP contribution in [0.25, 0.3) is 0 Å². The molecular weight excluding hydrogens is 291 g/mol. The lowest BCUT2D eigenvalue weighted by Crippen LogP contribution is -2.34. The Morgan fingerprint density at radius 3 is 2.81 bits per heavy atom. The van der Waals surface area contributed by atoms with Crippen molar-refractivity contribution < 1.29 is 9.13 Å². The summed E-state index contributed by atoms with van der Waals surface area (Å²) in [5.41, 5.74) is 1.01. The molecule has 0 aromatic heterocycles. The van der Waals surface area contributed by atoms with Gasteiger partial charge in [-0.25, -0.2) is 4.39 Å². The van der Waals surface area contributed by atoms with Crippen molar-refractivity contribution in [2.24, 2.45) is 5.92 Å². The first-order valence-corrected chi connectivity index (χ1v) is 7.56. The molecule has 1 saturated heterocycles. The van der Waals surface area contributed by atoms with Crippen molar-refractivity contribution in [3.8, 4) is 5.75 Å². The number of piperidine rings is 1. The zero-order valence-corrected chi connectivity index (χ0v) is 13.2. The highest BCUT2D eigenvalue weighted by atomic mass is 35.5. The van der Waals surface area contributed by atoms with Gasteiger partial charge in [0, 0.05) is 17.5 Å². The van der Waals surface area contributed by atoms with Gasteiger partial charge in [-0.2, -0.15) is 0 Å². The van der Waals surface area contributed by atoms with E-state index in [1.54, 1.807) is 13.2 Å². The van der Waals surface area contributed by atoms with Crippen LogP contribution in [0.3, 0.4) is 0 Å². The largest absolute Gasteiger partial charge is 0.493 e. The van der Waals surface area contributed by atoms with Crippen LogP contribution in [0.15, 0.2) is 18.2 Å². The molecule has 5 heteroatoms. The number of benzene rings is 1. The summed E-state index contributed by atoms with van der Waals surface area (Å²) in [5.74, 6) is 1.35. The molecular formula is C16H24ClFN2O. The van der Waals surface area contributed by atoms with E-state index in [-0.39, 0.29) is 18.2 Å². The van der Waals surface area contributed by atoms with Crippen molar-refractivity contribution in [3.63, 3.8) is 0 Å². The molecule has 2 atom stereocenters. The van der Waals surface area contributed by atoms with E-state index in [0.29, 0.717) is 17.7 Å². The van der Waals surface area contributed by atoms with Gasteiger partial charge in [-0.1, -0.05) is 12.1 Å². The number of rotatable bonds is 5. The van der Waals surface area contributed by atoms with E-state index in [4.69, 9.17) is 4.74 Å². The number of halogens is 2. The summed E-state index contributed by atoms with van der Waals surface area (Å²) in [6.45, 7) is 3.36. The summed E-state index contributed by atoms with van der Waals surface area (Å²) in [6.07, 6.45) is 3.60. The SMILES string of the molecule is COc1c(F)cccc1[C@H]1C[C@@H]1NCC1CCNCC1.Cl. The average Bonchev–Trinajstić information content (AvgIpc) is 3.25.